The van der Waals surface area contributed by atoms with Crippen molar-refractivity contribution in [3.05, 3.63) is 62.8 Å². The highest BCUT2D eigenvalue weighted by Gasteiger charge is 2.13. The average Bonchev–Trinajstić information content (AvgIpc) is 2.71. The number of carbonyl (C=O) groups excluding carboxylic acids is 2. The van der Waals surface area contributed by atoms with E-state index in [1.54, 1.807) is 0 Å². The smallest absolute Gasteiger partial charge is 0.331 e. The van der Waals surface area contributed by atoms with E-state index in [1.807, 2.05) is 0 Å². The van der Waals surface area contributed by atoms with Gasteiger partial charge in [-0.25, -0.2) is 9.59 Å². The molecule has 0 rings (SSSR count). The summed E-state index contributed by atoms with van der Waals surface area (Å²) in [7, 11) is 0. The monoisotopic (exact) mass is 396 g/mol. The second-order valence-electron chi connectivity index (χ2n) is 4.94. The van der Waals surface area contributed by atoms with E-state index in [2.05, 4.69) is 26.3 Å². The molecule has 156 valence electrons. The number of hydrogen-bond donors (Lipinski definition) is 0. The summed E-state index contributed by atoms with van der Waals surface area (Å²) < 4.78 is 31.0. The summed E-state index contributed by atoms with van der Waals surface area (Å²) in [5.41, 5.74) is 0. The van der Waals surface area contributed by atoms with Gasteiger partial charge in [0.1, 0.15) is 13.2 Å². The van der Waals surface area contributed by atoms with Crippen LogP contribution in [0.1, 0.15) is 0 Å². The molecular weight excluding hydrogens is 368 g/mol. The first-order valence-corrected chi connectivity index (χ1v) is 8.48. The first-order chi connectivity index (χ1) is 13.6. The number of carbonyl (C=O) groups is 2. The highest BCUT2D eigenvalue weighted by molar-refractivity contribution is 5.91. The van der Waals surface area contributed by atoms with Gasteiger partial charge in [-0.1, -0.05) is 24.3 Å². The van der Waals surface area contributed by atoms with E-state index in [0.717, 1.165) is 12.2 Å². The molecule has 8 nitrogen and oxygen atoms in total. The Bertz CT molecular complexity index is 456. The van der Waals surface area contributed by atoms with Crippen molar-refractivity contribution in [2.75, 3.05) is 39.6 Å². The molecule has 0 N–H and O–H groups in total. The second-order valence-corrected chi connectivity index (χ2v) is 4.94. The topological polar surface area (TPSA) is 89.5 Å². The number of esters is 2. The van der Waals surface area contributed by atoms with Gasteiger partial charge in [0.05, 0.1) is 26.4 Å². The highest BCUT2D eigenvalue weighted by atomic mass is 16.7. The summed E-state index contributed by atoms with van der Waals surface area (Å²) in [6.45, 7) is 14.7. The third-order valence-corrected chi connectivity index (χ3v) is 2.68. The third kappa shape index (κ3) is 14.6. The summed E-state index contributed by atoms with van der Waals surface area (Å²) in [4.78, 5) is 23.4. The van der Waals surface area contributed by atoms with Crippen molar-refractivity contribution in [3.8, 4) is 0 Å². The van der Waals surface area contributed by atoms with Gasteiger partial charge < -0.3 is 28.4 Å². The minimum Gasteiger partial charge on any atom is -0.457 e. The van der Waals surface area contributed by atoms with Gasteiger partial charge in [-0.05, 0) is 0 Å². The summed E-state index contributed by atoms with van der Waals surface area (Å²) in [5.74, 6) is -1.51. The quantitative estimate of drug-likeness (QED) is 0.151. The number of hydrogen-bond acceptors (Lipinski definition) is 8. The molecule has 0 amide bonds. The van der Waals surface area contributed by atoms with E-state index in [9.17, 15) is 9.59 Å². The SMILES string of the molecule is C=CCOC(COC(=O)/C=C\C(=O)OCC(OCC=C)OCC=C)OCC=C. The Labute approximate surface area is 165 Å². The fraction of sp³-hybridized carbons (Fsp3) is 0.400. The number of rotatable bonds is 18. The molecule has 8 heteroatoms. The average molecular weight is 396 g/mol. The van der Waals surface area contributed by atoms with Crippen LogP contribution in [0.25, 0.3) is 0 Å². The Morgan fingerprint density at radius 2 is 0.893 bits per heavy atom. The van der Waals surface area contributed by atoms with Crippen LogP contribution in [-0.2, 0) is 38.0 Å². The van der Waals surface area contributed by atoms with Crippen LogP contribution in [0.5, 0.6) is 0 Å². The van der Waals surface area contributed by atoms with Crippen LogP contribution in [0.15, 0.2) is 62.8 Å². The Morgan fingerprint density at radius 3 is 1.14 bits per heavy atom. The predicted octanol–water partition coefficient (Wildman–Crippen LogP) is 2.09. The van der Waals surface area contributed by atoms with Crippen LogP contribution >= 0.6 is 0 Å². The standard InChI is InChI=1S/C20H28O8/c1-5-11-23-19(24-12-6-2)15-27-17(21)9-10-18(22)28-16-20(25-13-7-3)26-14-8-4/h5-10,19-20H,1-4,11-16H2/b10-9-. The second kappa shape index (κ2) is 17.9. The van der Waals surface area contributed by atoms with Gasteiger partial charge in [0.2, 0.25) is 0 Å². The molecule has 0 aliphatic rings. The number of ether oxygens (including phenoxy) is 6. The van der Waals surface area contributed by atoms with E-state index in [0.29, 0.717) is 0 Å². The Kier molecular flexibility index (Phi) is 16.3. The van der Waals surface area contributed by atoms with Crippen LogP contribution in [-0.4, -0.2) is 64.2 Å². The first-order valence-electron chi connectivity index (χ1n) is 8.48. The van der Waals surface area contributed by atoms with Crippen molar-refractivity contribution in [3.63, 3.8) is 0 Å². The van der Waals surface area contributed by atoms with E-state index >= 15 is 0 Å². The van der Waals surface area contributed by atoms with Crippen molar-refractivity contribution >= 4 is 11.9 Å². The summed E-state index contributed by atoms with van der Waals surface area (Å²) in [5, 5.41) is 0. The van der Waals surface area contributed by atoms with Crippen molar-refractivity contribution < 1.29 is 38.0 Å². The minimum atomic E-state index is -0.773. The van der Waals surface area contributed by atoms with E-state index in [4.69, 9.17) is 28.4 Å². The normalized spacial score (nSPS) is 10.8. The highest BCUT2D eigenvalue weighted by Crippen LogP contribution is 2.00. The fourth-order valence-electron chi connectivity index (χ4n) is 1.52. The molecule has 0 bridgehead atoms. The zero-order valence-corrected chi connectivity index (χ0v) is 16.0. The maximum absolute atomic E-state index is 11.7. The molecule has 0 radical (unpaired) electrons. The van der Waals surface area contributed by atoms with E-state index in [1.165, 1.54) is 24.3 Å². The summed E-state index contributed by atoms with van der Waals surface area (Å²) in [6, 6.07) is 0. The van der Waals surface area contributed by atoms with E-state index in [-0.39, 0.29) is 39.6 Å². The van der Waals surface area contributed by atoms with Crippen LogP contribution in [0, 0.1) is 0 Å². The van der Waals surface area contributed by atoms with Crippen LogP contribution in [0.3, 0.4) is 0 Å². The largest absolute Gasteiger partial charge is 0.457 e. The van der Waals surface area contributed by atoms with Crippen LogP contribution < -0.4 is 0 Å². The molecule has 0 aromatic rings. The van der Waals surface area contributed by atoms with Gasteiger partial charge in [-0.3, -0.25) is 0 Å². The van der Waals surface area contributed by atoms with Crippen LogP contribution in [0.2, 0.25) is 0 Å². The third-order valence-electron chi connectivity index (χ3n) is 2.68. The zero-order chi connectivity index (χ0) is 21.0. The maximum Gasteiger partial charge on any atom is 0.331 e. The Hall–Kier alpha value is -2.52. The molecule has 0 aliphatic carbocycles. The van der Waals surface area contributed by atoms with Gasteiger partial charge in [-0.2, -0.15) is 0 Å². The van der Waals surface area contributed by atoms with Crippen molar-refractivity contribution in [1.82, 2.24) is 0 Å². The molecule has 0 spiro atoms. The van der Waals surface area contributed by atoms with Crippen molar-refractivity contribution in [1.29, 1.82) is 0 Å². The lowest BCUT2D eigenvalue weighted by Gasteiger charge is -2.16. The van der Waals surface area contributed by atoms with Gasteiger partial charge >= 0.3 is 11.9 Å². The predicted molar refractivity (Wildman–Crippen MR) is 103 cm³/mol. The maximum atomic E-state index is 11.7. The molecular formula is C20H28O8. The molecule has 0 aliphatic heterocycles. The minimum absolute atomic E-state index is 0.160. The van der Waals surface area contributed by atoms with Crippen molar-refractivity contribution in [2.24, 2.45) is 0 Å². The molecule has 0 atom stereocenters. The molecule has 0 aromatic heterocycles. The molecule has 0 saturated carbocycles. The van der Waals surface area contributed by atoms with Crippen molar-refractivity contribution in [2.45, 2.75) is 12.6 Å². The van der Waals surface area contributed by atoms with Gasteiger partial charge in [-0.15, -0.1) is 26.3 Å². The molecule has 0 fully saturated rings. The Morgan fingerprint density at radius 1 is 0.607 bits per heavy atom. The Balaban J connectivity index is 4.31. The molecule has 0 unspecified atom stereocenters. The molecule has 0 aromatic carbocycles. The fourth-order valence-corrected chi connectivity index (χ4v) is 1.52. The van der Waals surface area contributed by atoms with E-state index < -0.39 is 24.5 Å². The van der Waals surface area contributed by atoms with Crippen LogP contribution in [0.4, 0.5) is 0 Å². The zero-order valence-electron chi connectivity index (χ0n) is 16.0. The lowest BCUT2D eigenvalue weighted by molar-refractivity contribution is -0.173. The molecule has 28 heavy (non-hydrogen) atoms. The first kappa shape index (κ1) is 25.5. The van der Waals surface area contributed by atoms with Gasteiger partial charge in [0, 0.05) is 12.2 Å². The molecule has 0 saturated heterocycles. The van der Waals surface area contributed by atoms with Gasteiger partial charge in [0.25, 0.3) is 0 Å². The summed E-state index contributed by atoms with van der Waals surface area (Å²) in [6.07, 6.45) is 6.46. The lowest BCUT2D eigenvalue weighted by atomic mass is 10.5. The summed E-state index contributed by atoms with van der Waals surface area (Å²) >= 11 is 0. The van der Waals surface area contributed by atoms with Gasteiger partial charge in [0.15, 0.2) is 12.6 Å². The lowest BCUT2D eigenvalue weighted by Crippen LogP contribution is -2.26. The molecule has 0 heterocycles.